The summed E-state index contributed by atoms with van der Waals surface area (Å²) in [6.45, 7) is 8.80. The van der Waals surface area contributed by atoms with Crippen LogP contribution in [0.15, 0.2) is 18.2 Å². The summed E-state index contributed by atoms with van der Waals surface area (Å²) in [6.07, 6.45) is 1.94. The van der Waals surface area contributed by atoms with Crippen molar-refractivity contribution >= 4 is 24.0 Å². The molecule has 1 aromatic carbocycles. The van der Waals surface area contributed by atoms with E-state index in [0.717, 1.165) is 42.9 Å². The number of benzene rings is 1. The lowest BCUT2D eigenvalue weighted by molar-refractivity contribution is -0.119. The molecule has 1 amide bonds. The number of halogens is 1. The molecule has 2 N–H and O–H groups in total. The second kappa shape index (κ2) is 9.01. The summed E-state index contributed by atoms with van der Waals surface area (Å²) in [6, 6.07) is 5.86. The molecule has 0 aromatic heterocycles. The summed E-state index contributed by atoms with van der Waals surface area (Å²) in [5, 5.41) is 6.20. The quantitative estimate of drug-likeness (QED) is 0.842. The van der Waals surface area contributed by atoms with Crippen molar-refractivity contribution in [2.75, 3.05) is 25.0 Å². The number of aryl methyl sites for hydroxylation is 1. The fourth-order valence-electron chi connectivity index (χ4n) is 2.36. The maximum Gasteiger partial charge on any atom is 0.228 e. The number of amides is 1. The molecule has 22 heavy (non-hydrogen) atoms. The third-order valence-corrected chi connectivity index (χ3v) is 3.84. The standard InChI is InChI=1S/C17H26N2O2.ClH/c1-12(2)7-9-21-16-10-15(5-4-13(16)3)19-17(20)14-6-8-18-11-14;/h4-5,10,12,14,18H,6-9,11H2,1-3H3,(H,19,20);1H. The number of hydrogen-bond acceptors (Lipinski definition) is 3. The van der Waals surface area contributed by atoms with E-state index in [1.807, 2.05) is 25.1 Å². The van der Waals surface area contributed by atoms with Gasteiger partial charge in [0.25, 0.3) is 0 Å². The van der Waals surface area contributed by atoms with Gasteiger partial charge in [0.15, 0.2) is 0 Å². The number of rotatable bonds is 6. The van der Waals surface area contributed by atoms with E-state index in [1.165, 1.54) is 0 Å². The molecule has 5 heteroatoms. The minimum atomic E-state index is 0. The highest BCUT2D eigenvalue weighted by Crippen LogP contribution is 2.24. The predicted molar refractivity (Wildman–Crippen MR) is 93.0 cm³/mol. The van der Waals surface area contributed by atoms with Crippen LogP contribution in [0.5, 0.6) is 5.75 Å². The fraction of sp³-hybridized carbons (Fsp3) is 0.588. The molecular formula is C17H27ClN2O2. The smallest absolute Gasteiger partial charge is 0.228 e. The van der Waals surface area contributed by atoms with Gasteiger partial charge in [-0.2, -0.15) is 0 Å². The van der Waals surface area contributed by atoms with Crippen LogP contribution in [0, 0.1) is 18.8 Å². The zero-order valence-corrected chi connectivity index (χ0v) is 14.5. The third-order valence-electron chi connectivity index (χ3n) is 3.84. The molecular weight excluding hydrogens is 300 g/mol. The molecule has 0 aliphatic carbocycles. The van der Waals surface area contributed by atoms with Gasteiger partial charge in [0.05, 0.1) is 12.5 Å². The van der Waals surface area contributed by atoms with E-state index < -0.39 is 0 Å². The van der Waals surface area contributed by atoms with Gasteiger partial charge in [0, 0.05) is 18.3 Å². The number of ether oxygens (including phenoxy) is 1. The fourth-order valence-corrected chi connectivity index (χ4v) is 2.36. The first kappa shape index (κ1) is 18.8. The van der Waals surface area contributed by atoms with Crippen LogP contribution in [0.1, 0.15) is 32.3 Å². The van der Waals surface area contributed by atoms with Crippen LogP contribution in [0.2, 0.25) is 0 Å². The van der Waals surface area contributed by atoms with Crippen LogP contribution in [-0.2, 0) is 4.79 Å². The van der Waals surface area contributed by atoms with Crippen molar-refractivity contribution in [2.24, 2.45) is 11.8 Å². The van der Waals surface area contributed by atoms with Gasteiger partial charge in [0.1, 0.15) is 5.75 Å². The lowest BCUT2D eigenvalue weighted by Gasteiger charge is -2.14. The minimum Gasteiger partial charge on any atom is -0.493 e. The average Bonchev–Trinajstić information content (AvgIpc) is 2.96. The van der Waals surface area contributed by atoms with Crippen molar-refractivity contribution < 1.29 is 9.53 Å². The Labute approximate surface area is 139 Å². The van der Waals surface area contributed by atoms with E-state index in [1.54, 1.807) is 0 Å². The summed E-state index contributed by atoms with van der Waals surface area (Å²) in [4.78, 5) is 12.1. The predicted octanol–water partition coefficient (Wildman–Crippen LogP) is 3.39. The Bertz CT molecular complexity index is 486. The first-order valence-corrected chi connectivity index (χ1v) is 7.81. The first-order chi connectivity index (χ1) is 10.1. The number of anilines is 1. The van der Waals surface area contributed by atoms with Crippen molar-refractivity contribution in [1.82, 2.24) is 5.32 Å². The lowest BCUT2D eigenvalue weighted by atomic mass is 10.1. The molecule has 1 fully saturated rings. The van der Waals surface area contributed by atoms with Crippen LogP contribution in [0.25, 0.3) is 0 Å². The zero-order chi connectivity index (χ0) is 15.2. The molecule has 1 aliphatic heterocycles. The first-order valence-electron chi connectivity index (χ1n) is 7.81. The molecule has 1 unspecified atom stereocenters. The Morgan fingerprint density at radius 1 is 1.45 bits per heavy atom. The van der Waals surface area contributed by atoms with Crippen LogP contribution in [-0.4, -0.2) is 25.6 Å². The summed E-state index contributed by atoms with van der Waals surface area (Å²) in [7, 11) is 0. The topological polar surface area (TPSA) is 50.4 Å². The number of hydrogen-bond donors (Lipinski definition) is 2. The molecule has 124 valence electrons. The van der Waals surface area contributed by atoms with E-state index >= 15 is 0 Å². The van der Waals surface area contributed by atoms with Crippen molar-refractivity contribution in [3.8, 4) is 5.75 Å². The lowest BCUT2D eigenvalue weighted by Crippen LogP contribution is -2.24. The molecule has 2 rings (SSSR count). The molecule has 0 spiro atoms. The monoisotopic (exact) mass is 326 g/mol. The van der Waals surface area contributed by atoms with E-state index in [0.29, 0.717) is 12.5 Å². The maximum atomic E-state index is 12.1. The second-order valence-corrected chi connectivity index (χ2v) is 6.19. The molecule has 1 aromatic rings. The molecule has 1 atom stereocenters. The third kappa shape index (κ3) is 5.50. The summed E-state index contributed by atoms with van der Waals surface area (Å²) >= 11 is 0. The van der Waals surface area contributed by atoms with Crippen molar-refractivity contribution in [3.05, 3.63) is 23.8 Å². The van der Waals surface area contributed by atoms with Crippen LogP contribution >= 0.6 is 12.4 Å². The Morgan fingerprint density at radius 3 is 2.86 bits per heavy atom. The van der Waals surface area contributed by atoms with Crippen LogP contribution in [0.4, 0.5) is 5.69 Å². The molecule has 1 saturated heterocycles. The van der Waals surface area contributed by atoms with Gasteiger partial charge >= 0.3 is 0 Å². The van der Waals surface area contributed by atoms with Crippen LogP contribution in [0.3, 0.4) is 0 Å². The van der Waals surface area contributed by atoms with Gasteiger partial charge in [-0.3, -0.25) is 4.79 Å². The molecule has 0 radical (unpaired) electrons. The highest BCUT2D eigenvalue weighted by Gasteiger charge is 2.22. The highest BCUT2D eigenvalue weighted by atomic mass is 35.5. The van der Waals surface area contributed by atoms with Gasteiger partial charge in [-0.25, -0.2) is 0 Å². The zero-order valence-electron chi connectivity index (χ0n) is 13.6. The van der Waals surface area contributed by atoms with Gasteiger partial charge < -0.3 is 15.4 Å². The van der Waals surface area contributed by atoms with E-state index in [-0.39, 0.29) is 24.2 Å². The minimum absolute atomic E-state index is 0. The van der Waals surface area contributed by atoms with Gasteiger partial charge in [-0.1, -0.05) is 19.9 Å². The van der Waals surface area contributed by atoms with Crippen molar-refractivity contribution in [2.45, 2.75) is 33.6 Å². The summed E-state index contributed by atoms with van der Waals surface area (Å²) < 4.78 is 5.83. The number of nitrogens with one attached hydrogen (secondary N) is 2. The Morgan fingerprint density at radius 2 is 2.23 bits per heavy atom. The molecule has 0 saturated carbocycles. The number of carbonyl (C=O) groups is 1. The summed E-state index contributed by atoms with van der Waals surface area (Å²) in [5.74, 6) is 1.66. The SMILES string of the molecule is Cc1ccc(NC(=O)C2CCNC2)cc1OCCC(C)C.Cl. The van der Waals surface area contributed by atoms with E-state index in [2.05, 4.69) is 24.5 Å². The van der Waals surface area contributed by atoms with Gasteiger partial charge in [-0.05, 0) is 43.9 Å². The Hall–Kier alpha value is -1.26. The van der Waals surface area contributed by atoms with Crippen molar-refractivity contribution in [3.63, 3.8) is 0 Å². The Kier molecular flexibility index (Phi) is 7.69. The number of carbonyl (C=O) groups excluding carboxylic acids is 1. The van der Waals surface area contributed by atoms with E-state index in [4.69, 9.17) is 4.74 Å². The van der Waals surface area contributed by atoms with Gasteiger partial charge in [0.2, 0.25) is 5.91 Å². The highest BCUT2D eigenvalue weighted by molar-refractivity contribution is 5.93. The summed E-state index contributed by atoms with van der Waals surface area (Å²) in [5.41, 5.74) is 1.91. The van der Waals surface area contributed by atoms with Gasteiger partial charge in [-0.15, -0.1) is 12.4 Å². The van der Waals surface area contributed by atoms with E-state index in [9.17, 15) is 4.79 Å². The normalized spacial score (nSPS) is 17.2. The second-order valence-electron chi connectivity index (χ2n) is 6.19. The maximum absolute atomic E-state index is 12.1. The Balaban J connectivity index is 0.00000242. The molecule has 4 nitrogen and oxygen atoms in total. The largest absolute Gasteiger partial charge is 0.493 e. The van der Waals surface area contributed by atoms with Crippen LogP contribution < -0.4 is 15.4 Å². The molecule has 1 aliphatic rings. The molecule has 1 heterocycles. The molecule has 0 bridgehead atoms. The van der Waals surface area contributed by atoms with Crippen molar-refractivity contribution in [1.29, 1.82) is 0 Å². The average molecular weight is 327 g/mol.